The molecule has 0 aliphatic rings. The molecule has 0 radical (unpaired) electrons. The van der Waals surface area contributed by atoms with E-state index in [2.05, 4.69) is 0 Å². The second-order valence-electron chi connectivity index (χ2n) is 2.51. The van der Waals surface area contributed by atoms with Gasteiger partial charge in [0.2, 0.25) is 0 Å². The van der Waals surface area contributed by atoms with Gasteiger partial charge in [-0.2, -0.15) is 0 Å². The molecule has 0 aromatic carbocycles. The first-order chi connectivity index (χ1) is 5.91. The van der Waals surface area contributed by atoms with Gasteiger partial charge < -0.3 is 30.6 Å². The van der Waals surface area contributed by atoms with E-state index in [0.29, 0.717) is 0 Å². The quantitative estimate of drug-likeness (QED) is 0.268. The first-order valence-corrected chi connectivity index (χ1v) is 3.47. The van der Waals surface area contributed by atoms with Gasteiger partial charge in [0.05, 0.1) is 6.61 Å². The van der Waals surface area contributed by atoms with Crippen molar-refractivity contribution in [3.8, 4) is 0 Å². The van der Waals surface area contributed by atoms with Gasteiger partial charge in [-0.15, -0.1) is 0 Å². The van der Waals surface area contributed by atoms with Crippen molar-refractivity contribution in [3.63, 3.8) is 0 Å². The lowest BCUT2D eigenvalue weighted by Gasteiger charge is -2.23. The zero-order chi connectivity index (χ0) is 10.6. The molecule has 0 aromatic heterocycles. The van der Waals surface area contributed by atoms with Crippen molar-refractivity contribution in [2.75, 3.05) is 6.61 Å². The number of hydrogen-bond acceptors (Lipinski definition) is 6. The number of rotatable bonds is 5. The van der Waals surface area contributed by atoms with Crippen molar-refractivity contribution in [1.29, 1.82) is 0 Å². The van der Waals surface area contributed by atoms with E-state index in [4.69, 9.17) is 30.6 Å². The van der Waals surface area contributed by atoms with Gasteiger partial charge in [0.15, 0.2) is 6.10 Å². The Morgan fingerprint density at radius 1 is 1.08 bits per heavy atom. The SMILES string of the molecule is O=C(O)C(O)[C@H](O)[C@H](O)[C@H](O)CO. The third kappa shape index (κ3) is 3.25. The highest BCUT2D eigenvalue weighted by molar-refractivity contribution is 5.72. The van der Waals surface area contributed by atoms with Crippen molar-refractivity contribution in [2.45, 2.75) is 24.4 Å². The first-order valence-electron chi connectivity index (χ1n) is 3.47. The summed E-state index contributed by atoms with van der Waals surface area (Å²) in [7, 11) is 0. The van der Waals surface area contributed by atoms with Crippen molar-refractivity contribution in [2.24, 2.45) is 0 Å². The topological polar surface area (TPSA) is 138 Å². The number of carboxylic acid groups (broad SMARTS) is 1. The molecule has 0 fully saturated rings. The van der Waals surface area contributed by atoms with Gasteiger partial charge in [0, 0.05) is 0 Å². The molecule has 0 amide bonds. The highest BCUT2D eigenvalue weighted by Crippen LogP contribution is 2.04. The Balaban J connectivity index is 4.24. The first kappa shape index (κ1) is 12.3. The minimum Gasteiger partial charge on any atom is -0.479 e. The van der Waals surface area contributed by atoms with Crippen LogP contribution >= 0.6 is 0 Å². The van der Waals surface area contributed by atoms with Gasteiger partial charge >= 0.3 is 5.97 Å². The average molecular weight is 196 g/mol. The summed E-state index contributed by atoms with van der Waals surface area (Å²) in [6.45, 7) is -0.843. The van der Waals surface area contributed by atoms with Crippen molar-refractivity contribution >= 4 is 5.97 Å². The van der Waals surface area contributed by atoms with E-state index in [1.54, 1.807) is 0 Å². The van der Waals surface area contributed by atoms with Crippen molar-refractivity contribution in [3.05, 3.63) is 0 Å². The van der Waals surface area contributed by atoms with Crippen LogP contribution in [0, 0.1) is 0 Å². The van der Waals surface area contributed by atoms with Crippen LogP contribution in [0.15, 0.2) is 0 Å². The van der Waals surface area contributed by atoms with Crippen LogP contribution < -0.4 is 0 Å². The van der Waals surface area contributed by atoms with Crippen LogP contribution in [0.5, 0.6) is 0 Å². The summed E-state index contributed by atoms with van der Waals surface area (Å²) < 4.78 is 0. The van der Waals surface area contributed by atoms with E-state index in [0.717, 1.165) is 0 Å². The molecule has 7 nitrogen and oxygen atoms in total. The van der Waals surface area contributed by atoms with E-state index in [1.807, 2.05) is 0 Å². The third-order valence-corrected chi connectivity index (χ3v) is 1.51. The van der Waals surface area contributed by atoms with Gasteiger partial charge in [-0.1, -0.05) is 0 Å². The summed E-state index contributed by atoms with van der Waals surface area (Å²) in [5.41, 5.74) is 0. The maximum Gasteiger partial charge on any atom is 0.335 e. The molecule has 78 valence electrons. The van der Waals surface area contributed by atoms with E-state index >= 15 is 0 Å². The van der Waals surface area contributed by atoms with Crippen LogP contribution in [0.1, 0.15) is 0 Å². The number of aliphatic carboxylic acids is 1. The van der Waals surface area contributed by atoms with Crippen LogP contribution in [0.25, 0.3) is 0 Å². The zero-order valence-electron chi connectivity index (χ0n) is 6.61. The molecule has 0 saturated heterocycles. The van der Waals surface area contributed by atoms with E-state index in [-0.39, 0.29) is 0 Å². The largest absolute Gasteiger partial charge is 0.479 e. The summed E-state index contributed by atoms with van der Waals surface area (Å²) in [5.74, 6) is -1.73. The lowest BCUT2D eigenvalue weighted by Crippen LogP contribution is -2.48. The lowest BCUT2D eigenvalue weighted by atomic mass is 10.0. The van der Waals surface area contributed by atoms with Gasteiger partial charge in [-0.3, -0.25) is 0 Å². The molecule has 13 heavy (non-hydrogen) atoms. The molecule has 0 heterocycles. The minimum absolute atomic E-state index is 0.843. The average Bonchev–Trinajstić information content (AvgIpc) is 2.12. The lowest BCUT2D eigenvalue weighted by molar-refractivity contribution is -0.164. The summed E-state index contributed by atoms with van der Waals surface area (Å²) in [4.78, 5) is 10.1. The van der Waals surface area contributed by atoms with E-state index < -0.39 is 37.0 Å². The number of hydrogen-bond donors (Lipinski definition) is 6. The number of aliphatic hydroxyl groups is 5. The van der Waals surface area contributed by atoms with Gasteiger partial charge in [-0.05, 0) is 0 Å². The second kappa shape index (κ2) is 5.10. The van der Waals surface area contributed by atoms with Crippen LogP contribution in [0.3, 0.4) is 0 Å². The van der Waals surface area contributed by atoms with Crippen molar-refractivity contribution < 1.29 is 35.4 Å². The Kier molecular flexibility index (Phi) is 4.81. The maximum absolute atomic E-state index is 10.1. The van der Waals surface area contributed by atoms with Crippen LogP contribution in [0.2, 0.25) is 0 Å². The summed E-state index contributed by atoms with van der Waals surface area (Å²) in [6, 6.07) is 0. The Morgan fingerprint density at radius 2 is 1.54 bits per heavy atom. The normalized spacial score (nSPS) is 20.4. The molecular formula is C6H12O7. The molecule has 6 N–H and O–H groups in total. The fourth-order valence-corrected chi connectivity index (χ4v) is 0.668. The number of carbonyl (C=O) groups is 1. The molecule has 0 aliphatic heterocycles. The molecular weight excluding hydrogens is 184 g/mol. The Bertz CT molecular complexity index is 170. The molecule has 0 aromatic rings. The molecule has 0 aliphatic carbocycles. The Labute approximate surface area is 73.5 Å². The van der Waals surface area contributed by atoms with Crippen LogP contribution in [-0.4, -0.2) is 67.6 Å². The van der Waals surface area contributed by atoms with Crippen molar-refractivity contribution in [1.82, 2.24) is 0 Å². The Morgan fingerprint density at radius 3 is 1.85 bits per heavy atom. The van der Waals surface area contributed by atoms with Gasteiger partial charge in [0.25, 0.3) is 0 Å². The van der Waals surface area contributed by atoms with Crippen LogP contribution in [-0.2, 0) is 4.79 Å². The molecule has 0 rings (SSSR count). The molecule has 1 unspecified atom stereocenters. The predicted molar refractivity (Wildman–Crippen MR) is 38.7 cm³/mol. The van der Waals surface area contributed by atoms with E-state index in [9.17, 15) is 4.79 Å². The third-order valence-electron chi connectivity index (χ3n) is 1.51. The second-order valence-corrected chi connectivity index (χ2v) is 2.51. The minimum atomic E-state index is -2.20. The summed E-state index contributed by atoms with van der Waals surface area (Å²) in [5, 5.41) is 51.8. The number of aliphatic hydroxyl groups excluding tert-OH is 5. The fourth-order valence-electron chi connectivity index (χ4n) is 0.668. The number of carboxylic acids is 1. The maximum atomic E-state index is 10.1. The highest BCUT2D eigenvalue weighted by Gasteiger charge is 2.33. The standard InChI is InChI=1S/C6H12O7/c7-1-2(8)3(9)4(10)5(11)6(12)13/h2-5,7-11H,1H2,(H,12,13)/t2-,3-,4-,5?/m1/s1. The molecule has 4 atom stereocenters. The molecule has 0 saturated carbocycles. The van der Waals surface area contributed by atoms with Crippen LogP contribution in [0.4, 0.5) is 0 Å². The zero-order valence-corrected chi connectivity index (χ0v) is 6.61. The summed E-state index contributed by atoms with van der Waals surface area (Å²) in [6.07, 6.45) is -7.84. The summed E-state index contributed by atoms with van der Waals surface area (Å²) >= 11 is 0. The van der Waals surface area contributed by atoms with E-state index in [1.165, 1.54) is 0 Å². The van der Waals surface area contributed by atoms with Gasteiger partial charge in [-0.25, -0.2) is 4.79 Å². The fraction of sp³-hybridized carbons (Fsp3) is 0.833. The monoisotopic (exact) mass is 196 g/mol. The smallest absolute Gasteiger partial charge is 0.335 e. The molecule has 0 spiro atoms. The predicted octanol–water partition coefficient (Wildman–Crippen LogP) is -3.49. The highest BCUT2D eigenvalue weighted by atomic mass is 16.4. The van der Waals surface area contributed by atoms with Gasteiger partial charge in [0.1, 0.15) is 18.3 Å². The Hall–Kier alpha value is -0.730. The molecule has 0 bridgehead atoms. The molecule has 7 heteroatoms.